The number of fused-ring (bicyclic) bond motifs is 3. The maximum Gasteiger partial charge on any atom is 0.269 e. The molecule has 0 aromatic carbocycles. The largest absolute Gasteiger partial charge is 0.495 e. The zero-order valence-electron chi connectivity index (χ0n) is 17.8. The zero-order chi connectivity index (χ0) is 21.4. The summed E-state index contributed by atoms with van der Waals surface area (Å²) in [5.74, 6) is 0.276. The van der Waals surface area contributed by atoms with Crippen molar-refractivity contribution in [1.29, 1.82) is 0 Å². The van der Waals surface area contributed by atoms with Crippen LogP contribution in [-0.2, 0) is 9.53 Å². The van der Waals surface area contributed by atoms with Crippen molar-refractivity contribution < 1.29 is 14.3 Å². The summed E-state index contributed by atoms with van der Waals surface area (Å²) in [6, 6.07) is 4.07. The van der Waals surface area contributed by atoms with E-state index in [9.17, 15) is 9.59 Å². The lowest BCUT2D eigenvalue weighted by Gasteiger charge is -2.46. The first-order valence-electron chi connectivity index (χ1n) is 11.1. The van der Waals surface area contributed by atoms with E-state index in [4.69, 9.17) is 4.74 Å². The van der Waals surface area contributed by atoms with Gasteiger partial charge in [0.2, 0.25) is 5.91 Å². The summed E-state index contributed by atoms with van der Waals surface area (Å²) >= 11 is 0. The van der Waals surface area contributed by atoms with Gasteiger partial charge in [-0.15, -0.1) is 0 Å². The average molecular weight is 427 g/mol. The number of carbonyl (C=O) groups excluding carboxylic acids is 2. The van der Waals surface area contributed by atoms with Crippen molar-refractivity contribution in [3.63, 3.8) is 0 Å². The van der Waals surface area contributed by atoms with Crippen molar-refractivity contribution in [3.05, 3.63) is 36.4 Å². The first kappa shape index (κ1) is 20.3. The maximum absolute atomic E-state index is 12.4. The minimum Gasteiger partial charge on any atom is -0.495 e. The van der Waals surface area contributed by atoms with Gasteiger partial charge in [-0.05, 0) is 37.1 Å². The zero-order valence-corrected chi connectivity index (χ0v) is 17.8. The monoisotopic (exact) mass is 426 g/mol. The molecule has 0 radical (unpaired) electrons. The number of hydrogen-bond acceptors (Lipinski definition) is 7. The molecule has 0 bridgehead atoms. The number of rotatable bonds is 4. The summed E-state index contributed by atoms with van der Waals surface area (Å²) < 4.78 is 5.72. The van der Waals surface area contributed by atoms with Crippen molar-refractivity contribution in [3.8, 4) is 0 Å². The van der Waals surface area contributed by atoms with Gasteiger partial charge in [0.1, 0.15) is 11.8 Å². The van der Waals surface area contributed by atoms with Crippen LogP contribution >= 0.6 is 0 Å². The van der Waals surface area contributed by atoms with Gasteiger partial charge >= 0.3 is 0 Å². The third kappa shape index (κ3) is 3.99. The molecule has 5 heterocycles. The molecule has 9 nitrogen and oxygen atoms in total. The molecule has 5 rings (SSSR count). The molecule has 3 saturated heterocycles. The number of nitrogens with one attached hydrogen (secondary N) is 3. The van der Waals surface area contributed by atoms with Gasteiger partial charge in [0.15, 0.2) is 0 Å². The highest BCUT2D eigenvalue weighted by atomic mass is 16.5. The lowest BCUT2D eigenvalue weighted by Crippen LogP contribution is -2.68. The fourth-order valence-corrected chi connectivity index (χ4v) is 5.29. The smallest absolute Gasteiger partial charge is 0.269 e. The van der Waals surface area contributed by atoms with E-state index in [1.807, 2.05) is 12.1 Å². The van der Waals surface area contributed by atoms with E-state index >= 15 is 0 Å². The molecule has 31 heavy (non-hydrogen) atoms. The van der Waals surface area contributed by atoms with Crippen LogP contribution in [0, 0.1) is 11.8 Å². The molecule has 4 aliphatic rings. The van der Waals surface area contributed by atoms with Gasteiger partial charge in [0, 0.05) is 45.8 Å². The predicted molar refractivity (Wildman–Crippen MR) is 116 cm³/mol. The van der Waals surface area contributed by atoms with E-state index in [0.717, 1.165) is 51.4 Å². The number of aromatic nitrogens is 1. The molecule has 3 N–H and O–H groups in total. The van der Waals surface area contributed by atoms with E-state index in [1.165, 1.54) is 0 Å². The molecule has 5 atom stereocenters. The fraction of sp³-hybridized carbons (Fsp3) is 0.591. The Labute approximate surface area is 182 Å². The third-order valence-electron chi connectivity index (χ3n) is 6.98. The molecule has 3 fully saturated rings. The molecule has 0 aliphatic carbocycles. The molecule has 0 saturated carbocycles. The quantitative estimate of drug-likeness (QED) is 0.601. The Balaban J connectivity index is 1.11. The molecule has 1 aromatic heterocycles. The maximum atomic E-state index is 12.4. The van der Waals surface area contributed by atoms with Crippen LogP contribution in [0.2, 0.25) is 0 Å². The van der Waals surface area contributed by atoms with E-state index in [0.29, 0.717) is 11.6 Å². The van der Waals surface area contributed by atoms with Gasteiger partial charge in [-0.25, -0.2) is 4.98 Å². The Bertz CT molecular complexity index is 851. The Morgan fingerprint density at radius 2 is 2.13 bits per heavy atom. The Morgan fingerprint density at radius 3 is 2.87 bits per heavy atom. The first-order valence-corrected chi connectivity index (χ1v) is 11.1. The Kier molecular flexibility index (Phi) is 5.54. The molecule has 4 aliphatic heterocycles. The van der Waals surface area contributed by atoms with Gasteiger partial charge in [-0.1, -0.05) is 0 Å². The fourth-order valence-electron chi connectivity index (χ4n) is 5.29. The van der Waals surface area contributed by atoms with Crippen LogP contribution in [0.3, 0.4) is 0 Å². The lowest BCUT2D eigenvalue weighted by atomic mass is 9.80. The van der Waals surface area contributed by atoms with Crippen LogP contribution in [0.15, 0.2) is 30.7 Å². The summed E-state index contributed by atoms with van der Waals surface area (Å²) in [4.78, 5) is 33.1. The molecular formula is C22H30N6O3. The molecule has 2 amide bonds. The van der Waals surface area contributed by atoms with E-state index in [2.05, 4.69) is 30.7 Å². The first-order chi connectivity index (χ1) is 15.1. The van der Waals surface area contributed by atoms with Crippen molar-refractivity contribution in [1.82, 2.24) is 25.8 Å². The van der Waals surface area contributed by atoms with E-state index in [1.54, 1.807) is 25.6 Å². The van der Waals surface area contributed by atoms with Gasteiger partial charge < -0.3 is 25.6 Å². The number of amides is 2. The number of anilines is 1. The van der Waals surface area contributed by atoms with Crippen molar-refractivity contribution in [2.24, 2.45) is 11.8 Å². The van der Waals surface area contributed by atoms with E-state index < -0.39 is 0 Å². The second kappa shape index (κ2) is 8.47. The van der Waals surface area contributed by atoms with E-state index in [-0.39, 0.29) is 35.9 Å². The van der Waals surface area contributed by atoms with Crippen LogP contribution in [0.5, 0.6) is 0 Å². The number of piperidine rings is 2. The van der Waals surface area contributed by atoms with Gasteiger partial charge in [0.05, 0.1) is 30.1 Å². The molecule has 166 valence electrons. The Hall–Kier alpha value is -2.65. The average Bonchev–Trinajstić information content (AvgIpc) is 3.30. The molecule has 9 heteroatoms. The standard InChI is InChI=1S/C22H30N6O3/c1-23-22(30)17-3-2-15(12-24-17)28-7-5-27(6-8-28)13-14-10-18-19(25-11-14)20-16(4-9-31-20)21(29)26-18/h2-4,9,12,14,16,18-20,25H,5-8,10-11,13H2,1H3,(H,23,30)(H,26,29). The topological polar surface area (TPSA) is 98.8 Å². The lowest BCUT2D eigenvalue weighted by molar-refractivity contribution is -0.132. The number of nitrogens with zero attached hydrogens (tertiary/aromatic N) is 3. The summed E-state index contributed by atoms with van der Waals surface area (Å²) in [5.41, 5.74) is 1.49. The highest BCUT2D eigenvalue weighted by Crippen LogP contribution is 2.31. The second-order valence-corrected chi connectivity index (χ2v) is 8.87. The number of ether oxygens (including phenoxy) is 1. The van der Waals surface area contributed by atoms with Crippen LogP contribution in [0.1, 0.15) is 16.9 Å². The molecular weight excluding hydrogens is 396 g/mol. The number of piperazine rings is 1. The molecule has 0 spiro atoms. The molecule has 5 unspecified atom stereocenters. The van der Waals surface area contributed by atoms with Crippen LogP contribution < -0.4 is 20.9 Å². The number of pyridine rings is 1. The minimum atomic E-state index is -0.167. The van der Waals surface area contributed by atoms with Gasteiger partial charge in [0.25, 0.3) is 5.91 Å². The second-order valence-electron chi connectivity index (χ2n) is 8.87. The van der Waals surface area contributed by atoms with Gasteiger partial charge in [-0.3, -0.25) is 14.5 Å². The number of carbonyl (C=O) groups is 2. The van der Waals surface area contributed by atoms with Crippen molar-refractivity contribution >= 4 is 17.5 Å². The summed E-state index contributed by atoms with van der Waals surface area (Å²) in [6.45, 7) is 5.84. The molecule has 1 aromatic rings. The summed E-state index contributed by atoms with van der Waals surface area (Å²) in [6.07, 6.45) is 6.24. The minimum absolute atomic E-state index is 0.0633. The van der Waals surface area contributed by atoms with Crippen molar-refractivity contribution in [2.45, 2.75) is 24.6 Å². The van der Waals surface area contributed by atoms with Gasteiger partial charge in [-0.2, -0.15) is 0 Å². The Morgan fingerprint density at radius 1 is 1.29 bits per heavy atom. The van der Waals surface area contributed by atoms with Crippen LogP contribution in [0.4, 0.5) is 5.69 Å². The summed E-state index contributed by atoms with van der Waals surface area (Å²) in [5, 5.41) is 9.45. The summed E-state index contributed by atoms with van der Waals surface area (Å²) in [7, 11) is 1.61. The normalized spacial score (nSPS) is 32.6. The SMILES string of the molecule is CNC(=O)c1ccc(N2CCN(CC3CNC4C(C3)NC(=O)C3C=COC34)CC2)cn1. The highest BCUT2D eigenvalue weighted by molar-refractivity contribution is 5.92. The van der Waals surface area contributed by atoms with Crippen LogP contribution in [-0.4, -0.2) is 86.2 Å². The van der Waals surface area contributed by atoms with Crippen LogP contribution in [0.25, 0.3) is 0 Å². The highest BCUT2D eigenvalue weighted by Gasteiger charge is 2.48. The third-order valence-corrected chi connectivity index (χ3v) is 6.98. The van der Waals surface area contributed by atoms with Crippen molar-refractivity contribution in [2.75, 3.05) is 51.2 Å². The predicted octanol–water partition coefficient (Wildman–Crippen LogP) is -0.432. The number of hydrogen-bond donors (Lipinski definition) is 3.